The van der Waals surface area contributed by atoms with Gasteiger partial charge in [-0.05, 0) is 25.1 Å². The molecule has 0 aliphatic carbocycles. The molecule has 8 nitrogen and oxygen atoms in total. The van der Waals surface area contributed by atoms with Gasteiger partial charge in [0.05, 0.1) is 12.6 Å². The normalized spacial score (nSPS) is 16.2. The van der Waals surface area contributed by atoms with E-state index in [4.69, 9.17) is 4.74 Å². The molecule has 3 rings (SSSR count). The van der Waals surface area contributed by atoms with Gasteiger partial charge in [-0.15, -0.1) is 0 Å². The average Bonchev–Trinajstić information content (AvgIpc) is 3.07. The fourth-order valence-electron chi connectivity index (χ4n) is 3.04. The Labute approximate surface area is 151 Å². The predicted octanol–water partition coefficient (Wildman–Crippen LogP) is 1.18. The maximum atomic E-state index is 12.8. The lowest BCUT2D eigenvalue weighted by molar-refractivity contribution is 0.0637. The van der Waals surface area contributed by atoms with Crippen LogP contribution in [0.2, 0.25) is 0 Å². The second-order valence-corrected chi connectivity index (χ2v) is 6.15. The van der Waals surface area contributed by atoms with Gasteiger partial charge in [0.1, 0.15) is 17.3 Å². The minimum atomic E-state index is -0.279. The first-order valence-electron chi connectivity index (χ1n) is 8.45. The van der Waals surface area contributed by atoms with Crippen LogP contribution in [0, 0.1) is 0 Å². The number of carbonyl (C=O) groups is 2. The Morgan fingerprint density at radius 2 is 2.19 bits per heavy atom. The van der Waals surface area contributed by atoms with Crippen molar-refractivity contribution < 1.29 is 19.4 Å². The van der Waals surface area contributed by atoms with Crippen molar-refractivity contribution in [3.8, 4) is 5.75 Å². The number of phenolic OH excluding ortho intramolecular Hbond substituents is 1. The molecule has 0 saturated heterocycles. The van der Waals surface area contributed by atoms with E-state index in [0.717, 1.165) is 0 Å². The third kappa shape index (κ3) is 3.55. The summed E-state index contributed by atoms with van der Waals surface area (Å²) >= 11 is 0. The van der Waals surface area contributed by atoms with Crippen LogP contribution >= 0.6 is 0 Å². The molecule has 1 aromatic carbocycles. The molecule has 138 valence electrons. The number of rotatable bonds is 5. The second-order valence-electron chi connectivity index (χ2n) is 6.15. The second kappa shape index (κ2) is 7.57. The van der Waals surface area contributed by atoms with E-state index in [1.165, 1.54) is 12.1 Å². The lowest BCUT2D eigenvalue weighted by atomic mass is 10.1. The van der Waals surface area contributed by atoms with Gasteiger partial charge in [-0.25, -0.2) is 4.98 Å². The number of aromatic hydroxyl groups is 1. The van der Waals surface area contributed by atoms with Gasteiger partial charge in [0.2, 0.25) is 0 Å². The van der Waals surface area contributed by atoms with Gasteiger partial charge >= 0.3 is 0 Å². The number of methoxy groups -OCH3 is 1. The minimum Gasteiger partial charge on any atom is -0.508 e. The average molecular weight is 358 g/mol. The summed E-state index contributed by atoms with van der Waals surface area (Å²) < 4.78 is 6.82. The molecular formula is C18H22N4O4. The van der Waals surface area contributed by atoms with Crippen molar-refractivity contribution in [3.05, 3.63) is 47.5 Å². The van der Waals surface area contributed by atoms with Crippen molar-refractivity contribution in [2.24, 2.45) is 0 Å². The topological polar surface area (TPSA) is 96.7 Å². The highest BCUT2D eigenvalue weighted by Gasteiger charge is 2.31. The Morgan fingerprint density at radius 3 is 2.92 bits per heavy atom. The van der Waals surface area contributed by atoms with Crippen LogP contribution in [0.3, 0.4) is 0 Å². The standard InChI is InChI=1S/C18H22N4O4/c1-12-16-20-15(17(24)19-6-9-26-2)11-21(16)7-8-22(12)18(25)13-4-3-5-14(23)10-13/h3-5,10-12,23H,6-9H2,1-2H3,(H,19,24)/t12-/m0/s1. The maximum absolute atomic E-state index is 12.8. The van der Waals surface area contributed by atoms with E-state index in [-0.39, 0.29) is 23.6 Å². The highest BCUT2D eigenvalue weighted by molar-refractivity contribution is 5.95. The summed E-state index contributed by atoms with van der Waals surface area (Å²) in [6.45, 7) is 3.79. The number of fused-ring (bicyclic) bond motifs is 1. The van der Waals surface area contributed by atoms with Crippen LogP contribution in [0.1, 0.15) is 39.6 Å². The first-order chi connectivity index (χ1) is 12.5. The third-order valence-electron chi connectivity index (χ3n) is 4.41. The number of hydrogen-bond donors (Lipinski definition) is 2. The monoisotopic (exact) mass is 358 g/mol. The van der Waals surface area contributed by atoms with E-state index in [1.807, 2.05) is 11.5 Å². The molecule has 2 heterocycles. The van der Waals surface area contributed by atoms with Crippen molar-refractivity contribution in [1.29, 1.82) is 0 Å². The van der Waals surface area contributed by atoms with E-state index in [1.54, 1.807) is 30.3 Å². The summed E-state index contributed by atoms with van der Waals surface area (Å²) in [6.07, 6.45) is 1.71. The van der Waals surface area contributed by atoms with E-state index < -0.39 is 0 Å². The smallest absolute Gasteiger partial charge is 0.271 e. The molecule has 2 N–H and O–H groups in total. The van der Waals surface area contributed by atoms with Crippen LogP contribution in [-0.4, -0.2) is 58.2 Å². The number of imidazole rings is 1. The number of ether oxygens (including phenoxy) is 1. The number of carbonyl (C=O) groups excluding carboxylic acids is 2. The first-order valence-corrected chi connectivity index (χ1v) is 8.45. The zero-order valence-corrected chi connectivity index (χ0v) is 14.8. The summed E-state index contributed by atoms with van der Waals surface area (Å²) in [4.78, 5) is 31.1. The van der Waals surface area contributed by atoms with E-state index in [9.17, 15) is 14.7 Å². The molecule has 2 aromatic rings. The molecule has 0 bridgehead atoms. The van der Waals surface area contributed by atoms with Gasteiger partial charge in [0, 0.05) is 38.5 Å². The predicted molar refractivity (Wildman–Crippen MR) is 94.0 cm³/mol. The molecule has 0 radical (unpaired) electrons. The largest absolute Gasteiger partial charge is 0.508 e. The molecule has 1 atom stereocenters. The number of benzene rings is 1. The van der Waals surface area contributed by atoms with E-state index in [2.05, 4.69) is 10.3 Å². The molecule has 26 heavy (non-hydrogen) atoms. The number of aromatic nitrogens is 2. The van der Waals surface area contributed by atoms with Crippen molar-refractivity contribution in [1.82, 2.24) is 19.8 Å². The van der Waals surface area contributed by atoms with Gasteiger partial charge in [0.15, 0.2) is 0 Å². The Bertz CT molecular complexity index is 817. The lowest BCUT2D eigenvalue weighted by Gasteiger charge is -2.33. The Hall–Kier alpha value is -2.87. The summed E-state index contributed by atoms with van der Waals surface area (Å²) in [5, 5.41) is 12.3. The van der Waals surface area contributed by atoms with Crippen LogP contribution in [0.5, 0.6) is 5.75 Å². The molecule has 2 amide bonds. The third-order valence-corrected chi connectivity index (χ3v) is 4.41. The number of hydrogen-bond acceptors (Lipinski definition) is 5. The van der Waals surface area contributed by atoms with Crippen molar-refractivity contribution in [2.45, 2.75) is 19.5 Å². The maximum Gasteiger partial charge on any atom is 0.271 e. The number of phenols is 1. The number of nitrogens with zero attached hydrogens (tertiary/aromatic N) is 3. The van der Waals surface area contributed by atoms with E-state index >= 15 is 0 Å². The highest BCUT2D eigenvalue weighted by atomic mass is 16.5. The zero-order chi connectivity index (χ0) is 18.7. The molecular weight excluding hydrogens is 336 g/mol. The quantitative estimate of drug-likeness (QED) is 0.783. The van der Waals surface area contributed by atoms with Gasteiger partial charge in [-0.3, -0.25) is 9.59 Å². The van der Waals surface area contributed by atoms with Crippen LogP contribution < -0.4 is 5.32 Å². The fraction of sp³-hybridized carbons (Fsp3) is 0.389. The Balaban J connectivity index is 1.76. The van der Waals surface area contributed by atoms with Crippen LogP contribution in [0.4, 0.5) is 0 Å². The van der Waals surface area contributed by atoms with Crippen LogP contribution in [-0.2, 0) is 11.3 Å². The zero-order valence-electron chi connectivity index (χ0n) is 14.8. The summed E-state index contributed by atoms with van der Waals surface area (Å²) in [5.74, 6) is 0.287. The van der Waals surface area contributed by atoms with Crippen LogP contribution in [0.25, 0.3) is 0 Å². The lowest BCUT2D eigenvalue weighted by Crippen LogP contribution is -2.41. The number of amides is 2. The summed E-state index contributed by atoms with van der Waals surface area (Å²) in [5.41, 5.74) is 0.754. The van der Waals surface area contributed by atoms with E-state index in [0.29, 0.717) is 43.3 Å². The summed E-state index contributed by atoms with van der Waals surface area (Å²) in [7, 11) is 1.57. The number of nitrogens with one attached hydrogen (secondary N) is 1. The fourth-order valence-corrected chi connectivity index (χ4v) is 3.04. The van der Waals surface area contributed by atoms with Gasteiger partial charge in [-0.2, -0.15) is 0 Å². The van der Waals surface area contributed by atoms with Gasteiger partial charge < -0.3 is 24.6 Å². The van der Waals surface area contributed by atoms with Crippen molar-refractivity contribution in [2.75, 3.05) is 26.8 Å². The molecule has 1 aliphatic rings. The van der Waals surface area contributed by atoms with Gasteiger partial charge in [-0.1, -0.05) is 6.07 Å². The Morgan fingerprint density at radius 1 is 1.38 bits per heavy atom. The highest BCUT2D eigenvalue weighted by Crippen LogP contribution is 2.27. The molecule has 8 heteroatoms. The Kier molecular flexibility index (Phi) is 5.22. The van der Waals surface area contributed by atoms with Gasteiger partial charge in [0.25, 0.3) is 11.8 Å². The van der Waals surface area contributed by atoms with Crippen molar-refractivity contribution >= 4 is 11.8 Å². The first kappa shape index (κ1) is 17.9. The molecule has 0 saturated carbocycles. The molecule has 0 unspecified atom stereocenters. The molecule has 0 fully saturated rings. The molecule has 1 aliphatic heterocycles. The minimum absolute atomic E-state index is 0.0528. The molecule has 0 spiro atoms. The summed E-state index contributed by atoms with van der Waals surface area (Å²) in [6, 6.07) is 6.01. The van der Waals surface area contributed by atoms with Crippen LogP contribution in [0.15, 0.2) is 30.5 Å². The van der Waals surface area contributed by atoms with Crippen molar-refractivity contribution in [3.63, 3.8) is 0 Å². The SMILES string of the molecule is COCCNC(=O)c1cn2c(n1)[C@H](C)N(C(=O)c1cccc(O)c1)CC2. The molecule has 1 aromatic heterocycles.